The van der Waals surface area contributed by atoms with Crippen LogP contribution in [0.15, 0.2) is 73.1 Å². The second-order valence-corrected chi connectivity index (χ2v) is 6.17. The van der Waals surface area contributed by atoms with E-state index < -0.39 is 0 Å². The molecular formula is C21H21FN2O. The van der Waals surface area contributed by atoms with Crippen LogP contribution in [-0.2, 0) is 11.3 Å². The van der Waals surface area contributed by atoms with E-state index in [2.05, 4.69) is 5.32 Å². The molecule has 1 N–H and O–H groups in total. The molecule has 1 atom stereocenters. The maximum absolute atomic E-state index is 13.6. The topological polar surface area (TPSA) is 34.0 Å². The van der Waals surface area contributed by atoms with Gasteiger partial charge < -0.3 is 9.88 Å². The van der Waals surface area contributed by atoms with E-state index in [0.717, 1.165) is 11.1 Å². The molecule has 0 radical (unpaired) electrons. The first-order valence-corrected chi connectivity index (χ1v) is 8.32. The van der Waals surface area contributed by atoms with Crippen LogP contribution in [0.5, 0.6) is 0 Å². The predicted octanol–water partition coefficient (Wildman–Crippen LogP) is 4.23. The summed E-state index contributed by atoms with van der Waals surface area (Å²) >= 11 is 0. The molecule has 3 aromatic rings. The molecule has 0 saturated heterocycles. The third-order valence-corrected chi connectivity index (χ3v) is 4.21. The molecule has 4 heteroatoms. The maximum atomic E-state index is 13.6. The number of nitrogens with one attached hydrogen (secondary N) is 1. The van der Waals surface area contributed by atoms with Gasteiger partial charge in [0.25, 0.3) is 0 Å². The summed E-state index contributed by atoms with van der Waals surface area (Å²) in [6.45, 7) is 2.52. The van der Waals surface area contributed by atoms with E-state index in [0.29, 0.717) is 6.54 Å². The number of benzene rings is 2. The smallest absolute Gasteiger partial charge is 0.222 e. The van der Waals surface area contributed by atoms with Gasteiger partial charge in [-0.05, 0) is 42.3 Å². The van der Waals surface area contributed by atoms with Crippen molar-refractivity contribution in [1.82, 2.24) is 9.88 Å². The molecule has 3 rings (SSSR count). The first kappa shape index (κ1) is 17.0. The summed E-state index contributed by atoms with van der Waals surface area (Å²) in [6, 6.07) is 18.0. The van der Waals surface area contributed by atoms with Crippen LogP contribution in [0.4, 0.5) is 4.39 Å². The molecule has 0 unspecified atom stereocenters. The van der Waals surface area contributed by atoms with Gasteiger partial charge in [0.1, 0.15) is 5.82 Å². The lowest BCUT2D eigenvalue weighted by Crippen LogP contribution is -2.26. The van der Waals surface area contributed by atoms with Gasteiger partial charge in [-0.2, -0.15) is 0 Å². The lowest BCUT2D eigenvalue weighted by molar-refractivity contribution is -0.121. The van der Waals surface area contributed by atoms with Gasteiger partial charge in [-0.3, -0.25) is 4.79 Å². The van der Waals surface area contributed by atoms with Crippen molar-refractivity contribution in [3.8, 4) is 0 Å². The van der Waals surface area contributed by atoms with Crippen molar-refractivity contribution in [1.29, 1.82) is 0 Å². The summed E-state index contributed by atoms with van der Waals surface area (Å²) in [5.74, 6) is -0.363. The first-order chi connectivity index (χ1) is 12.1. The summed E-state index contributed by atoms with van der Waals surface area (Å²) in [4.78, 5) is 12.4. The van der Waals surface area contributed by atoms with Crippen molar-refractivity contribution in [2.24, 2.45) is 0 Å². The zero-order valence-corrected chi connectivity index (χ0v) is 14.2. The molecule has 3 nitrogen and oxygen atoms in total. The zero-order chi connectivity index (χ0) is 17.6. The van der Waals surface area contributed by atoms with E-state index in [-0.39, 0.29) is 24.2 Å². The van der Waals surface area contributed by atoms with Crippen LogP contribution in [0, 0.1) is 12.7 Å². The molecule has 0 aliphatic heterocycles. The number of aryl methyl sites for hydroxylation is 1. The Bertz CT molecular complexity index is 825. The van der Waals surface area contributed by atoms with Crippen LogP contribution in [-0.4, -0.2) is 10.5 Å². The second kappa shape index (κ2) is 7.79. The molecule has 1 heterocycles. The van der Waals surface area contributed by atoms with E-state index in [4.69, 9.17) is 0 Å². The van der Waals surface area contributed by atoms with Crippen LogP contribution in [0.1, 0.15) is 29.2 Å². The zero-order valence-electron chi connectivity index (χ0n) is 14.2. The molecule has 2 aromatic carbocycles. The summed E-state index contributed by atoms with van der Waals surface area (Å²) in [7, 11) is 0. The Hall–Kier alpha value is -2.88. The fraction of sp³-hybridized carbons (Fsp3) is 0.190. The van der Waals surface area contributed by atoms with Crippen molar-refractivity contribution in [3.63, 3.8) is 0 Å². The number of rotatable bonds is 6. The fourth-order valence-corrected chi connectivity index (χ4v) is 2.82. The summed E-state index contributed by atoms with van der Waals surface area (Å²) in [5.41, 5.74) is 3.03. The second-order valence-electron chi connectivity index (χ2n) is 6.17. The van der Waals surface area contributed by atoms with Crippen LogP contribution in [0.3, 0.4) is 0 Å². The molecular weight excluding hydrogens is 315 g/mol. The highest BCUT2D eigenvalue weighted by Gasteiger charge is 2.17. The summed E-state index contributed by atoms with van der Waals surface area (Å²) in [6.07, 6.45) is 4.04. The van der Waals surface area contributed by atoms with E-state index in [1.165, 1.54) is 17.7 Å². The number of carbonyl (C=O) groups excluding carboxylic acids is 1. The average molecular weight is 336 g/mol. The highest BCUT2D eigenvalue weighted by Crippen LogP contribution is 2.23. The number of carbonyl (C=O) groups is 1. The molecule has 25 heavy (non-hydrogen) atoms. The Morgan fingerprint density at radius 3 is 2.48 bits per heavy atom. The van der Waals surface area contributed by atoms with Crippen molar-refractivity contribution in [3.05, 3.63) is 95.6 Å². The Kier molecular flexibility index (Phi) is 5.29. The number of hydrogen-bond acceptors (Lipinski definition) is 1. The number of aromatic nitrogens is 1. The molecule has 0 aliphatic rings. The quantitative estimate of drug-likeness (QED) is 0.718. The van der Waals surface area contributed by atoms with Gasteiger partial charge in [0.05, 0.1) is 12.5 Å². The average Bonchev–Trinajstić information content (AvgIpc) is 3.13. The van der Waals surface area contributed by atoms with Crippen LogP contribution < -0.4 is 5.32 Å². The molecule has 0 saturated carbocycles. The monoisotopic (exact) mass is 336 g/mol. The SMILES string of the molecule is Cc1ccc(CNC(=O)C[C@H](c2cccc(F)c2)n2cccc2)cc1. The van der Waals surface area contributed by atoms with Gasteiger partial charge in [-0.1, -0.05) is 42.0 Å². The Balaban J connectivity index is 1.69. The predicted molar refractivity (Wildman–Crippen MR) is 96.6 cm³/mol. The highest BCUT2D eigenvalue weighted by molar-refractivity contribution is 5.76. The van der Waals surface area contributed by atoms with Crippen molar-refractivity contribution in [2.45, 2.75) is 25.9 Å². The third kappa shape index (κ3) is 4.57. The Morgan fingerprint density at radius 2 is 1.80 bits per heavy atom. The Labute approximate surface area is 147 Å². The number of amides is 1. The molecule has 0 fully saturated rings. The molecule has 128 valence electrons. The molecule has 0 bridgehead atoms. The minimum absolute atomic E-state index is 0.0662. The van der Waals surface area contributed by atoms with Crippen molar-refractivity contribution >= 4 is 5.91 Å². The van der Waals surface area contributed by atoms with E-state index in [1.807, 2.05) is 66.3 Å². The van der Waals surface area contributed by atoms with Gasteiger partial charge >= 0.3 is 0 Å². The van der Waals surface area contributed by atoms with Crippen LogP contribution in [0.25, 0.3) is 0 Å². The molecule has 1 amide bonds. The van der Waals surface area contributed by atoms with E-state index in [1.54, 1.807) is 6.07 Å². The molecule has 0 spiro atoms. The standard InChI is InChI=1S/C21H21FN2O/c1-16-7-9-17(10-8-16)15-23-21(25)14-20(24-11-2-3-12-24)18-5-4-6-19(22)13-18/h2-13,20H,14-15H2,1H3,(H,23,25)/t20-/m1/s1. The minimum atomic E-state index is -0.297. The van der Waals surface area contributed by atoms with Gasteiger partial charge in [-0.15, -0.1) is 0 Å². The lowest BCUT2D eigenvalue weighted by Gasteiger charge is -2.19. The Morgan fingerprint density at radius 1 is 1.08 bits per heavy atom. The fourth-order valence-electron chi connectivity index (χ4n) is 2.82. The summed E-state index contributed by atoms with van der Waals surface area (Å²) in [5, 5.41) is 2.95. The summed E-state index contributed by atoms with van der Waals surface area (Å²) < 4.78 is 15.5. The van der Waals surface area contributed by atoms with Gasteiger partial charge in [0.15, 0.2) is 0 Å². The number of nitrogens with zero attached hydrogens (tertiary/aromatic N) is 1. The molecule has 1 aromatic heterocycles. The largest absolute Gasteiger partial charge is 0.352 e. The van der Waals surface area contributed by atoms with Gasteiger partial charge in [-0.25, -0.2) is 4.39 Å². The van der Waals surface area contributed by atoms with Crippen LogP contribution >= 0.6 is 0 Å². The van der Waals surface area contributed by atoms with Crippen molar-refractivity contribution < 1.29 is 9.18 Å². The van der Waals surface area contributed by atoms with Crippen LogP contribution in [0.2, 0.25) is 0 Å². The highest BCUT2D eigenvalue weighted by atomic mass is 19.1. The van der Waals surface area contributed by atoms with E-state index in [9.17, 15) is 9.18 Å². The molecule has 0 aliphatic carbocycles. The van der Waals surface area contributed by atoms with Gasteiger partial charge in [0.2, 0.25) is 5.91 Å². The number of hydrogen-bond donors (Lipinski definition) is 1. The van der Waals surface area contributed by atoms with E-state index >= 15 is 0 Å². The minimum Gasteiger partial charge on any atom is -0.352 e. The lowest BCUT2D eigenvalue weighted by atomic mass is 10.0. The maximum Gasteiger partial charge on any atom is 0.222 e. The van der Waals surface area contributed by atoms with Crippen molar-refractivity contribution in [2.75, 3.05) is 0 Å². The normalized spacial score (nSPS) is 11.9. The number of halogens is 1. The van der Waals surface area contributed by atoms with Gasteiger partial charge in [0, 0.05) is 18.9 Å². The first-order valence-electron chi connectivity index (χ1n) is 8.32. The third-order valence-electron chi connectivity index (χ3n) is 4.21.